The van der Waals surface area contributed by atoms with E-state index in [9.17, 15) is 9.90 Å². The molecular weight excluding hydrogens is 320 g/mol. The Bertz CT molecular complexity index is 541. The second-order valence-electron chi connectivity index (χ2n) is 5.80. The summed E-state index contributed by atoms with van der Waals surface area (Å²) in [7, 11) is 0. The van der Waals surface area contributed by atoms with Crippen LogP contribution in [0, 0.1) is 11.8 Å². The molecule has 0 aromatic heterocycles. The van der Waals surface area contributed by atoms with E-state index in [1.165, 1.54) is 12.8 Å². The van der Waals surface area contributed by atoms with Gasteiger partial charge >= 0.3 is 5.97 Å². The molecule has 1 atom stereocenters. The van der Waals surface area contributed by atoms with E-state index in [-0.39, 0.29) is 13.0 Å². The van der Waals surface area contributed by atoms with Gasteiger partial charge in [-0.25, -0.2) is 0 Å². The minimum absolute atomic E-state index is 0.124. The molecule has 0 fully saturated rings. The van der Waals surface area contributed by atoms with Gasteiger partial charge in [-0.3, -0.25) is 4.79 Å². The SMILES string of the molecule is CCCCCOc1ccc(OCC(O)CC#CCCCC(=O)O)cc1. The predicted molar refractivity (Wildman–Crippen MR) is 96.8 cm³/mol. The molecule has 0 saturated carbocycles. The first-order chi connectivity index (χ1) is 12.1. The van der Waals surface area contributed by atoms with Crippen LogP contribution in [0.2, 0.25) is 0 Å². The maximum absolute atomic E-state index is 10.3. The summed E-state index contributed by atoms with van der Waals surface area (Å²) in [5, 5.41) is 18.3. The van der Waals surface area contributed by atoms with Crippen molar-refractivity contribution < 1.29 is 24.5 Å². The van der Waals surface area contributed by atoms with Crippen LogP contribution in [0.15, 0.2) is 24.3 Å². The molecule has 1 aromatic carbocycles. The fraction of sp³-hybridized carbons (Fsp3) is 0.550. The largest absolute Gasteiger partial charge is 0.494 e. The molecule has 0 spiro atoms. The summed E-state index contributed by atoms with van der Waals surface area (Å²) in [5.41, 5.74) is 0. The van der Waals surface area contributed by atoms with Crippen LogP contribution in [-0.4, -0.2) is 35.5 Å². The second kappa shape index (κ2) is 13.1. The minimum Gasteiger partial charge on any atom is -0.494 e. The zero-order valence-electron chi connectivity index (χ0n) is 14.9. The van der Waals surface area contributed by atoms with Crippen molar-refractivity contribution in [1.29, 1.82) is 0 Å². The molecule has 0 aliphatic rings. The maximum Gasteiger partial charge on any atom is 0.303 e. The van der Waals surface area contributed by atoms with Crippen molar-refractivity contribution in [3.05, 3.63) is 24.3 Å². The first-order valence-corrected chi connectivity index (χ1v) is 8.83. The number of benzene rings is 1. The van der Waals surface area contributed by atoms with Crippen LogP contribution in [-0.2, 0) is 4.79 Å². The number of aliphatic carboxylic acids is 1. The van der Waals surface area contributed by atoms with Crippen LogP contribution >= 0.6 is 0 Å². The van der Waals surface area contributed by atoms with Crippen molar-refractivity contribution in [2.45, 2.75) is 58.0 Å². The lowest BCUT2D eigenvalue weighted by molar-refractivity contribution is -0.137. The Labute approximate surface area is 150 Å². The number of ether oxygens (including phenoxy) is 2. The average molecular weight is 348 g/mol. The Kier molecular flexibility index (Phi) is 11.0. The monoisotopic (exact) mass is 348 g/mol. The van der Waals surface area contributed by atoms with E-state index < -0.39 is 12.1 Å². The molecule has 1 aromatic rings. The van der Waals surface area contributed by atoms with Gasteiger partial charge in [-0.15, -0.1) is 11.8 Å². The highest BCUT2D eigenvalue weighted by Crippen LogP contribution is 2.18. The number of hydrogen-bond acceptors (Lipinski definition) is 4. The van der Waals surface area contributed by atoms with Gasteiger partial charge in [-0.1, -0.05) is 19.8 Å². The molecule has 0 bridgehead atoms. The second-order valence-corrected chi connectivity index (χ2v) is 5.80. The van der Waals surface area contributed by atoms with Crippen molar-refractivity contribution in [1.82, 2.24) is 0 Å². The summed E-state index contributed by atoms with van der Waals surface area (Å²) in [5.74, 6) is 6.38. The van der Waals surface area contributed by atoms with Crippen LogP contribution in [0.25, 0.3) is 0 Å². The number of rotatable bonds is 12. The smallest absolute Gasteiger partial charge is 0.303 e. The molecule has 0 radical (unpaired) electrons. The van der Waals surface area contributed by atoms with Gasteiger partial charge in [0.25, 0.3) is 0 Å². The number of carboxylic acids is 1. The highest BCUT2D eigenvalue weighted by Gasteiger charge is 2.04. The molecule has 1 unspecified atom stereocenters. The minimum atomic E-state index is -0.812. The molecule has 25 heavy (non-hydrogen) atoms. The summed E-state index contributed by atoms with van der Waals surface area (Å²) in [4.78, 5) is 10.3. The highest BCUT2D eigenvalue weighted by molar-refractivity contribution is 5.66. The van der Waals surface area contributed by atoms with Gasteiger partial charge in [-0.2, -0.15) is 0 Å². The molecule has 0 heterocycles. The van der Waals surface area contributed by atoms with Crippen molar-refractivity contribution >= 4 is 5.97 Å². The van der Waals surface area contributed by atoms with Crippen LogP contribution in [0.3, 0.4) is 0 Å². The number of aliphatic hydroxyl groups excluding tert-OH is 1. The number of aliphatic hydroxyl groups is 1. The zero-order chi connectivity index (χ0) is 18.3. The van der Waals surface area contributed by atoms with E-state index in [1.807, 2.05) is 24.3 Å². The third-order valence-corrected chi connectivity index (χ3v) is 3.44. The van der Waals surface area contributed by atoms with Gasteiger partial charge in [-0.05, 0) is 37.1 Å². The van der Waals surface area contributed by atoms with E-state index in [4.69, 9.17) is 14.6 Å². The number of unbranched alkanes of at least 4 members (excludes halogenated alkanes) is 3. The third-order valence-electron chi connectivity index (χ3n) is 3.44. The molecule has 5 heteroatoms. The Hall–Kier alpha value is -2.19. The van der Waals surface area contributed by atoms with Crippen LogP contribution in [0.4, 0.5) is 0 Å². The van der Waals surface area contributed by atoms with E-state index >= 15 is 0 Å². The van der Waals surface area contributed by atoms with Crippen LogP contribution in [0.5, 0.6) is 11.5 Å². The van der Waals surface area contributed by atoms with Gasteiger partial charge in [0.1, 0.15) is 18.1 Å². The lowest BCUT2D eigenvalue weighted by Gasteiger charge is -2.11. The lowest BCUT2D eigenvalue weighted by Crippen LogP contribution is -2.16. The predicted octanol–water partition coefficient (Wildman–Crippen LogP) is 3.64. The molecular formula is C20H28O5. The number of carbonyl (C=O) groups is 1. The summed E-state index contributed by atoms with van der Waals surface area (Å²) in [6, 6.07) is 7.35. The van der Waals surface area contributed by atoms with E-state index in [2.05, 4.69) is 18.8 Å². The zero-order valence-corrected chi connectivity index (χ0v) is 14.9. The maximum atomic E-state index is 10.3. The van der Waals surface area contributed by atoms with Crippen molar-refractivity contribution in [3.8, 4) is 23.3 Å². The lowest BCUT2D eigenvalue weighted by atomic mass is 10.2. The first kappa shape index (κ1) is 20.9. The number of hydrogen-bond donors (Lipinski definition) is 2. The van der Waals surface area contributed by atoms with E-state index in [0.29, 0.717) is 25.0 Å². The molecule has 0 saturated heterocycles. The molecule has 1 rings (SSSR count). The highest BCUT2D eigenvalue weighted by atomic mass is 16.5. The van der Waals surface area contributed by atoms with Gasteiger partial charge in [0.15, 0.2) is 0 Å². The summed E-state index contributed by atoms with van der Waals surface area (Å²) in [6.45, 7) is 3.05. The summed E-state index contributed by atoms with van der Waals surface area (Å²) in [6.07, 6.45) is 4.22. The fourth-order valence-corrected chi connectivity index (χ4v) is 2.03. The molecule has 2 N–H and O–H groups in total. The first-order valence-electron chi connectivity index (χ1n) is 8.83. The van der Waals surface area contributed by atoms with Gasteiger partial charge in [0.05, 0.1) is 12.7 Å². The molecule has 138 valence electrons. The van der Waals surface area contributed by atoms with E-state index in [1.54, 1.807) is 0 Å². The van der Waals surface area contributed by atoms with Crippen molar-refractivity contribution in [3.63, 3.8) is 0 Å². The van der Waals surface area contributed by atoms with Gasteiger partial charge in [0, 0.05) is 19.3 Å². The molecule has 0 aliphatic heterocycles. The third kappa shape index (κ3) is 11.1. The Morgan fingerprint density at radius 2 is 1.76 bits per heavy atom. The average Bonchev–Trinajstić information content (AvgIpc) is 2.60. The fourth-order valence-electron chi connectivity index (χ4n) is 2.03. The Balaban J connectivity index is 2.19. The Morgan fingerprint density at radius 1 is 1.08 bits per heavy atom. The quantitative estimate of drug-likeness (QED) is 0.445. The molecule has 0 amide bonds. The summed E-state index contributed by atoms with van der Waals surface area (Å²) < 4.78 is 11.2. The van der Waals surface area contributed by atoms with E-state index in [0.717, 1.165) is 18.8 Å². The summed E-state index contributed by atoms with van der Waals surface area (Å²) >= 11 is 0. The van der Waals surface area contributed by atoms with Crippen molar-refractivity contribution in [2.24, 2.45) is 0 Å². The molecule has 5 nitrogen and oxygen atoms in total. The number of carboxylic acid groups (broad SMARTS) is 1. The van der Waals surface area contributed by atoms with Crippen LogP contribution < -0.4 is 9.47 Å². The van der Waals surface area contributed by atoms with Crippen molar-refractivity contribution in [2.75, 3.05) is 13.2 Å². The van der Waals surface area contributed by atoms with Crippen LogP contribution in [0.1, 0.15) is 51.9 Å². The van der Waals surface area contributed by atoms with Gasteiger partial charge < -0.3 is 19.7 Å². The molecule has 0 aliphatic carbocycles. The topological polar surface area (TPSA) is 76.0 Å². The Morgan fingerprint density at radius 3 is 2.40 bits per heavy atom. The normalized spacial score (nSPS) is 11.3. The standard InChI is InChI=1S/C20H28O5/c1-2-3-8-15-24-18-11-13-19(14-12-18)25-16-17(21)9-6-4-5-7-10-20(22)23/h11-14,17,21H,2-3,5,7-10,15-16H2,1H3,(H,22,23). The van der Waals surface area contributed by atoms with Gasteiger partial charge in [0.2, 0.25) is 0 Å².